The van der Waals surface area contributed by atoms with Crippen LogP contribution >= 0.6 is 0 Å². The topological polar surface area (TPSA) is 54.3 Å². The lowest BCUT2D eigenvalue weighted by atomic mass is 9.89. The second-order valence-electron chi connectivity index (χ2n) is 7.64. The van der Waals surface area contributed by atoms with Gasteiger partial charge in [-0.1, -0.05) is 30.3 Å². The van der Waals surface area contributed by atoms with Gasteiger partial charge in [0.15, 0.2) is 0 Å². The van der Waals surface area contributed by atoms with Gasteiger partial charge in [-0.3, -0.25) is 14.5 Å². The number of fused-ring (bicyclic) bond motifs is 1. The van der Waals surface area contributed by atoms with Crippen LogP contribution in [0, 0.1) is 11.8 Å². The van der Waals surface area contributed by atoms with Crippen molar-refractivity contribution in [1.82, 2.24) is 19.7 Å². The molecule has 2 saturated heterocycles. The summed E-state index contributed by atoms with van der Waals surface area (Å²) in [5, 5.41) is 4.20. The first-order chi connectivity index (χ1) is 13.8. The number of aromatic nitrogens is 3. The number of rotatable bonds is 4. The summed E-state index contributed by atoms with van der Waals surface area (Å²) >= 11 is 0. The Hall–Kier alpha value is -3.15. The lowest BCUT2D eigenvalue weighted by Crippen LogP contribution is -2.37. The highest BCUT2D eigenvalue weighted by molar-refractivity contribution is 5.77. The van der Waals surface area contributed by atoms with Crippen molar-refractivity contribution < 1.29 is 4.79 Å². The first kappa shape index (κ1) is 17.0. The summed E-state index contributed by atoms with van der Waals surface area (Å²) in [6.45, 7) is 3.03. The van der Waals surface area contributed by atoms with E-state index in [1.165, 1.54) is 11.3 Å². The molecule has 28 heavy (non-hydrogen) atoms. The van der Waals surface area contributed by atoms with Crippen molar-refractivity contribution in [2.24, 2.45) is 11.8 Å². The fourth-order valence-electron chi connectivity index (χ4n) is 4.77. The summed E-state index contributed by atoms with van der Waals surface area (Å²) in [5.74, 6) is 1.04. The maximum Gasteiger partial charge on any atom is 0.244 e. The van der Waals surface area contributed by atoms with E-state index in [4.69, 9.17) is 0 Å². The van der Waals surface area contributed by atoms with Gasteiger partial charge in [0.2, 0.25) is 5.91 Å². The number of anilines is 1. The van der Waals surface area contributed by atoms with E-state index >= 15 is 0 Å². The molecule has 0 bridgehead atoms. The van der Waals surface area contributed by atoms with E-state index in [1.807, 2.05) is 30.7 Å². The quantitative estimate of drug-likeness (QED) is 0.705. The van der Waals surface area contributed by atoms with E-state index in [1.54, 1.807) is 10.9 Å². The van der Waals surface area contributed by atoms with Gasteiger partial charge in [-0.05, 0) is 23.8 Å². The average molecular weight is 373 g/mol. The van der Waals surface area contributed by atoms with Crippen LogP contribution < -0.4 is 4.90 Å². The van der Waals surface area contributed by atoms with Gasteiger partial charge in [0.05, 0.1) is 6.04 Å². The molecule has 0 N–H and O–H groups in total. The molecule has 1 amide bonds. The molecule has 2 aliphatic rings. The van der Waals surface area contributed by atoms with Crippen LogP contribution in [0.15, 0.2) is 73.3 Å². The van der Waals surface area contributed by atoms with Crippen molar-refractivity contribution in [2.75, 3.05) is 24.5 Å². The maximum absolute atomic E-state index is 13.1. The molecule has 142 valence electrons. The van der Waals surface area contributed by atoms with Crippen LogP contribution in [-0.4, -0.2) is 45.2 Å². The lowest BCUT2D eigenvalue weighted by molar-refractivity contribution is -0.133. The predicted molar refractivity (Wildman–Crippen MR) is 107 cm³/mol. The average Bonchev–Trinajstić information content (AvgIpc) is 3.45. The molecule has 4 heterocycles. The SMILES string of the molecule is O=C(Cn1cccn1)N1C[C@@H]2CN(c3ccncc3)C[C@@H]2[C@H]1c1ccccc1. The highest BCUT2D eigenvalue weighted by Gasteiger charge is 2.49. The molecule has 5 rings (SSSR count). The minimum absolute atomic E-state index is 0.112. The van der Waals surface area contributed by atoms with Gasteiger partial charge >= 0.3 is 0 Å². The molecule has 3 atom stereocenters. The van der Waals surface area contributed by atoms with Gasteiger partial charge in [0, 0.05) is 61.9 Å². The number of hydrogen-bond acceptors (Lipinski definition) is 4. The van der Waals surface area contributed by atoms with E-state index < -0.39 is 0 Å². The normalized spacial score (nSPS) is 23.8. The second kappa shape index (κ2) is 7.11. The molecule has 0 aliphatic carbocycles. The van der Waals surface area contributed by atoms with Gasteiger partial charge in [-0.25, -0.2) is 0 Å². The first-order valence-electron chi connectivity index (χ1n) is 9.76. The highest BCUT2D eigenvalue weighted by atomic mass is 16.2. The molecule has 2 fully saturated rings. The fourth-order valence-corrected chi connectivity index (χ4v) is 4.77. The summed E-state index contributed by atoms with van der Waals surface area (Å²) in [6.07, 6.45) is 7.25. The van der Waals surface area contributed by atoms with Crippen molar-refractivity contribution in [1.29, 1.82) is 0 Å². The van der Waals surface area contributed by atoms with E-state index in [2.05, 4.69) is 56.3 Å². The van der Waals surface area contributed by atoms with Gasteiger partial charge in [-0.15, -0.1) is 0 Å². The minimum Gasteiger partial charge on any atom is -0.371 e. The van der Waals surface area contributed by atoms with Gasteiger partial charge in [-0.2, -0.15) is 5.10 Å². The third-order valence-electron chi connectivity index (χ3n) is 6.01. The monoisotopic (exact) mass is 373 g/mol. The Morgan fingerprint density at radius 2 is 1.79 bits per heavy atom. The Labute approximate surface area is 164 Å². The molecular formula is C22H23N5O. The van der Waals surface area contributed by atoms with Crippen LogP contribution in [0.3, 0.4) is 0 Å². The van der Waals surface area contributed by atoms with Crippen LogP contribution in [-0.2, 0) is 11.3 Å². The Bertz CT molecular complexity index is 928. The fraction of sp³-hybridized carbons (Fsp3) is 0.318. The Balaban J connectivity index is 1.42. The Kier molecular flexibility index (Phi) is 4.31. The molecule has 1 aromatic carbocycles. The molecular weight excluding hydrogens is 350 g/mol. The van der Waals surface area contributed by atoms with E-state index in [-0.39, 0.29) is 11.9 Å². The van der Waals surface area contributed by atoms with Crippen molar-refractivity contribution in [3.05, 3.63) is 78.9 Å². The number of carbonyl (C=O) groups excluding carboxylic acids is 1. The zero-order valence-corrected chi connectivity index (χ0v) is 15.6. The Morgan fingerprint density at radius 3 is 2.54 bits per heavy atom. The third-order valence-corrected chi connectivity index (χ3v) is 6.01. The zero-order valence-electron chi connectivity index (χ0n) is 15.6. The van der Waals surface area contributed by atoms with Crippen molar-refractivity contribution in [3.8, 4) is 0 Å². The minimum atomic E-state index is 0.112. The molecule has 0 spiro atoms. The lowest BCUT2D eigenvalue weighted by Gasteiger charge is -2.30. The number of carbonyl (C=O) groups is 1. The van der Waals surface area contributed by atoms with E-state index in [0.29, 0.717) is 18.4 Å². The number of amides is 1. The first-order valence-corrected chi connectivity index (χ1v) is 9.76. The molecule has 3 aromatic rings. The van der Waals surface area contributed by atoms with Crippen molar-refractivity contribution in [2.45, 2.75) is 12.6 Å². The van der Waals surface area contributed by atoms with E-state index in [9.17, 15) is 4.79 Å². The number of nitrogens with zero attached hydrogens (tertiary/aromatic N) is 5. The summed E-state index contributed by atoms with van der Waals surface area (Å²) in [7, 11) is 0. The smallest absolute Gasteiger partial charge is 0.244 e. The molecule has 0 saturated carbocycles. The third kappa shape index (κ3) is 3.05. The van der Waals surface area contributed by atoms with Crippen molar-refractivity contribution >= 4 is 11.6 Å². The Morgan fingerprint density at radius 1 is 0.964 bits per heavy atom. The molecule has 0 radical (unpaired) electrons. The molecule has 2 aliphatic heterocycles. The van der Waals surface area contributed by atoms with Crippen LogP contribution in [0.2, 0.25) is 0 Å². The van der Waals surface area contributed by atoms with Crippen LogP contribution in [0.25, 0.3) is 0 Å². The van der Waals surface area contributed by atoms with Crippen LogP contribution in [0.1, 0.15) is 11.6 Å². The molecule has 0 unspecified atom stereocenters. The maximum atomic E-state index is 13.1. The molecule has 6 nitrogen and oxygen atoms in total. The number of likely N-dealkylation sites (tertiary alicyclic amines) is 1. The van der Waals surface area contributed by atoms with Crippen LogP contribution in [0.5, 0.6) is 0 Å². The number of benzene rings is 1. The van der Waals surface area contributed by atoms with E-state index in [0.717, 1.165) is 19.6 Å². The second-order valence-corrected chi connectivity index (χ2v) is 7.64. The van der Waals surface area contributed by atoms with Crippen LogP contribution in [0.4, 0.5) is 5.69 Å². The zero-order chi connectivity index (χ0) is 18.9. The molecule has 2 aromatic heterocycles. The summed E-state index contributed by atoms with van der Waals surface area (Å²) < 4.78 is 1.71. The standard InChI is InChI=1S/C22H23N5O/c28-21(16-26-12-4-9-24-26)27-14-18-13-25(19-7-10-23-11-8-19)15-20(18)22(27)17-5-2-1-3-6-17/h1-12,18,20,22H,13-16H2/t18-,20-,22+/m0/s1. The predicted octanol–water partition coefficient (Wildman–Crippen LogP) is 2.61. The summed E-state index contributed by atoms with van der Waals surface area (Å²) in [4.78, 5) is 21.8. The van der Waals surface area contributed by atoms with Gasteiger partial charge in [0.25, 0.3) is 0 Å². The molecule has 6 heteroatoms. The summed E-state index contributed by atoms with van der Waals surface area (Å²) in [5.41, 5.74) is 2.44. The largest absolute Gasteiger partial charge is 0.371 e. The number of pyridine rings is 1. The summed E-state index contributed by atoms with van der Waals surface area (Å²) in [6, 6.07) is 16.6. The highest BCUT2D eigenvalue weighted by Crippen LogP contribution is 2.45. The number of hydrogen-bond donors (Lipinski definition) is 0. The van der Waals surface area contributed by atoms with Gasteiger partial charge < -0.3 is 9.80 Å². The van der Waals surface area contributed by atoms with Gasteiger partial charge in [0.1, 0.15) is 6.54 Å². The van der Waals surface area contributed by atoms with Crippen molar-refractivity contribution in [3.63, 3.8) is 0 Å².